The van der Waals surface area contributed by atoms with Gasteiger partial charge in [0.05, 0.1) is 24.5 Å². The summed E-state index contributed by atoms with van der Waals surface area (Å²) in [6, 6.07) is 26.7. The Morgan fingerprint density at radius 1 is 0.868 bits per heavy atom. The van der Waals surface area contributed by atoms with Crippen LogP contribution in [0.5, 0.6) is 11.5 Å². The highest BCUT2D eigenvalue weighted by atomic mass is 16.5. The van der Waals surface area contributed by atoms with Gasteiger partial charge in [-0.05, 0) is 18.9 Å². The molecular formula is C33H41N3O2. The third-order valence-corrected chi connectivity index (χ3v) is 7.08. The van der Waals surface area contributed by atoms with Crippen molar-refractivity contribution in [2.45, 2.75) is 71.5 Å². The van der Waals surface area contributed by atoms with Crippen LogP contribution >= 0.6 is 0 Å². The zero-order valence-electron chi connectivity index (χ0n) is 23.0. The maximum absolute atomic E-state index is 10.6. The van der Waals surface area contributed by atoms with Gasteiger partial charge in [0.25, 0.3) is 0 Å². The van der Waals surface area contributed by atoms with Gasteiger partial charge in [0, 0.05) is 35.8 Å². The summed E-state index contributed by atoms with van der Waals surface area (Å²) in [5.41, 5.74) is 5.38. The molecule has 0 aliphatic heterocycles. The Morgan fingerprint density at radius 2 is 1.55 bits per heavy atom. The molecule has 0 bridgehead atoms. The van der Waals surface area contributed by atoms with E-state index in [-0.39, 0.29) is 11.8 Å². The van der Waals surface area contributed by atoms with Gasteiger partial charge in [-0.2, -0.15) is 0 Å². The molecular weight excluding hydrogens is 470 g/mol. The number of hydrogen-bond donors (Lipinski definition) is 2. The van der Waals surface area contributed by atoms with Crippen molar-refractivity contribution in [1.82, 2.24) is 14.9 Å². The molecule has 38 heavy (non-hydrogen) atoms. The number of hydrogen-bond acceptors (Lipinski definition) is 4. The Hall–Kier alpha value is -3.57. The van der Waals surface area contributed by atoms with Crippen LogP contribution in [0.4, 0.5) is 0 Å². The number of unbranched alkanes of at least 4 members (excludes halogenated alkanes) is 3. The van der Waals surface area contributed by atoms with Gasteiger partial charge in [-0.25, -0.2) is 4.98 Å². The van der Waals surface area contributed by atoms with Crippen LogP contribution < -0.4 is 10.1 Å². The first kappa shape index (κ1) is 27.5. The predicted molar refractivity (Wildman–Crippen MR) is 156 cm³/mol. The van der Waals surface area contributed by atoms with Crippen LogP contribution in [0.25, 0.3) is 22.6 Å². The van der Waals surface area contributed by atoms with Crippen molar-refractivity contribution in [2.24, 2.45) is 0 Å². The summed E-state index contributed by atoms with van der Waals surface area (Å²) in [4.78, 5) is 5.31. The molecule has 0 amide bonds. The maximum atomic E-state index is 10.6. The molecule has 0 aliphatic rings. The van der Waals surface area contributed by atoms with E-state index >= 15 is 0 Å². The Balaban J connectivity index is 1.81. The lowest BCUT2D eigenvalue weighted by Crippen LogP contribution is -2.24. The molecule has 1 aromatic heterocycles. The van der Waals surface area contributed by atoms with Gasteiger partial charge in [0.15, 0.2) is 0 Å². The molecule has 0 aliphatic carbocycles. The Morgan fingerprint density at radius 3 is 2.18 bits per heavy atom. The van der Waals surface area contributed by atoms with E-state index in [0.29, 0.717) is 12.3 Å². The van der Waals surface area contributed by atoms with Crippen LogP contribution in [-0.4, -0.2) is 21.8 Å². The largest absolute Gasteiger partial charge is 0.507 e. The molecule has 4 rings (SSSR count). The minimum absolute atomic E-state index is 0.0817. The number of methoxy groups -OCH3 is 1. The van der Waals surface area contributed by atoms with E-state index in [2.05, 4.69) is 84.4 Å². The number of phenols is 1. The first-order chi connectivity index (χ1) is 18.7. The summed E-state index contributed by atoms with van der Waals surface area (Å²) in [5, 5.41) is 14.4. The Kier molecular flexibility index (Phi) is 9.99. The fourth-order valence-electron chi connectivity index (χ4n) is 4.98. The second-order valence-electron chi connectivity index (χ2n) is 9.83. The maximum Gasteiger partial charge on any atom is 0.140 e. The molecule has 0 fully saturated rings. The number of rotatable bonds is 14. The fraction of sp³-hybridized carbons (Fsp3) is 0.364. The SMILES string of the molecule is CCCCCn1c(-c2ccccc2)nc(-c2ccccc2)c1C(CCCC)NCc1ccc(OC)cc1O. The van der Waals surface area contributed by atoms with E-state index in [1.807, 2.05) is 12.1 Å². The topological polar surface area (TPSA) is 59.3 Å². The molecule has 5 heteroatoms. The van der Waals surface area contributed by atoms with E-state index < -0.39 is 0 Å². The summed E-state index contributed by atoms with van der Waals surface area (Å²) in [6.45, 7) is 5.96. The highest BCUT2D eigenvalue weighted by Gasteiger charge is 2.26. The molecule has 0 radical (unpaired) electrons. The van der Waals surface area contributed by atoms with Crippen molar-refractivity contribution in [3.63, 3.8) is 0 Å². The molecule has 0 saturated carbocycles. The molecule has 4 aromatic rings. The van der Waals surface area contributed by atoms with Gasteiger partial charge in [0.2, 0.25) is 0 Å². The first-order valence-corrected chi connectivity index (χ1v) is 14.0. The van der Waals surface area contributed by atoms with Gasteiger partial charge >= 0.3 is 0 Å². The smallest absolute Gasteiger partial charge is 0.140 e. The monoisotopic (exact) mass is 511 g/mol. The van der Waals surface area contributed by atoms with Gasteiger partial charge in [-0.1, -0.05) is 106 Å². The van der Waals surface area contributed by atoms with Gasteiger partial charge in [-0.15, -0.1) is 0 Å². The summed E-state index contributed by atoms with van der Waals surface area (Å²) in [6.07, 6.45) is 6.65. The molecule has 200 valence electrons. The minimum atomic E-state index is 0.0817. The highest BCUT2D eigenvalue weighted by molar-refractivity contribution is 5.69. The van der Waals surface area contributed by atoms with Crippen LogP contribution in [0.15, 0.2) is 78.9 Å². The molecule has 2 N–H and O–H groups in total. The minimum Gasteiger partial charge on any atom is -0.507 e. The summed E-state index contributed by atoms with van der Waals surface area (Å²) in [5.74, 6) is 1.92. The van der Waals surface area contributed by atoms with E-state index in [0.717, 1.165) is 60.4 Å². The number of aromatic hydroxyl groups is 1. The van der Waals surface area contributed by atoms with Crippen molar-refractivity contribution >= 4 is 0 Å². The number of aromatic nitrogens is 2. The van der Waals surface area contributed by atoms with Crippen LogP contribution in [0, 0.1) is 0 Å². The number of nitrogens with one attached hydrogen (secondary N) is 1. The molecule has 1 heterocycles. The normalized spacial score (nSPS) is 12.0. The lowest BCUT2D eigenvalue weighted by Gasteiger charge is -2.23. The van der Waals surface area contributed by atoms with Crippen molar-refractivity contribution in [2.75, 3.05) is 7.11 Å². The zero-order valence-corrected chi connectivity index (χ0v) is 23.0. The second kappa shape index (κ2) is 13.8. The van der Waals surface area contributed by atoms with Gasteiger partial charge in [0.1, 0.15) is 17.3 Å². The molecule has 1 unspecified atom stereocenters. The van der Waals surface area contributed by atoms with E-state index in [9.17, 15) is 5.11 Å². The molecule has 0 spiro atoms. The van der Waals surface area contributed by atoms with Crippen LogP contribution in [0.3, 0.4) is 0 Å². The van der Waals surface area contributed by atoms with Crippen molar-refractivity contribution in [1.29, 1.82) is 0 Å². The Labute approximate surface area is 227 Å². The number of ether oxygens (including phenoxy) is 1. The summed E-state index contributed by atoms with van der Waals surface area (Å²) in [7, 11) is 1.61. The van der Waals surface area contributed by atoms with E-state index in [4.69, 9.17) is 9.72 Å². The summed E-state index contributed by atoms with van der Waals surface area (Å²) < 4.78 is 7.73. The first-order valence-electron chi connectivity index (χ1n) is 14.0. The zero-order chi connectivity index (χ0) is 26.7. The molecule has 0 saturated heterocycles. The molecule has 3 aromatic carbocycles. The van der Waals surface area contributed by atoms with Crippen LogP contribution in [0.1, 0.15) is 69.7 Å². The number of benzene rings is 3. The van der Waals surface area contributed by atoms with Crippen LogP contribution in [-0.2, 0) is 13.1 Å². The number of imidazole rings is 1. The third-order valence-electron chi connectivity index (χ3n) is 7.08. The standard InChI is InChI=1S/C33H41N3O2/c1-4-6-14-22-36-32(29(19-7-5-2)34-24-27-20-21-28(38-3)23-30(27)37)31(25-15-10-8-11-16-25)35-33(36)26-17-12-9-13-18-26/h8-13,15-18,20-21,23,29,34,37H,4-7,14,19,22,24H2,1-3H3. The van der Waals surface area contributed by atoms with Gasteiger partial charge < -0.3 is 19.7 Å². The van der Waals surface area contributed by atoms with Crippen molar-refractivity contribution in [3.05, 3.63) is 90.1 Å². The van der Waals surface area contributed by atoms with Crippen molar-refractivity contribution < 1.29 is 9.84 Å². The number of phenolic OH excluding ortho intramolecular Hbond substituents is 1. The average molecular weight is 512 g/mol. The fourth-order valence-corrected chi connectivity index (χ4v) is 4.98. The van der Waals surface area contributed by atoms with E-state index in [1.165, 1.54) is 18.5 Å². The number of nitrogens with zero attached hydrogens (tertiary/aromatic N) is 2. The quantitative estimate of drug-likeness (QED) is 0.168. The lowest BCUT2D eigenvalue weighted by atomic mass is 10.00. The van der Waals surface area contributed by atoms with Crippen molar-refractivity contribution in [3.8, 4) is 34.1 Å². The second-order valence-corrected chi connectivity index (χ2v) is 9.83. The average Bonchev–Trinajstić information content (AvgIpc) is 3.34. The van der Waals surface area contributed by atoms with E-state index in [1.54, 1.807) is 13.2 Å². The molecule has 5 nitrogen and oxygen atoms in total. The van der Waals surface area contributed by atoms with Crippen LogP contribution in [0.2, 0.25) is 0 Å². The summed E-state index contributed by atoms with van der Waals surface area (Å²) >= 11 is 0. The lowest BCUT2D eigenvalue weighted by molar-refractivity contribution is 0.403. The highest BCUT2D eigenvalue weighted by Crippen LogP contribution is 2.36. The Bertz CT molecular complexity index is 1270. The molecule has 1 atom stereocenters. The third kappa shape index (κ3) is 6.65. The predicted octanol–water partition coefficient (Wildman–Crippen LogP) is 8.14. The van der Waals surface area contributed by atoms with Gasteiger partial charge in [-0.3, -0.25) is 0 Å².